The molecule has 3 aliphatic heterocycles. The highest BCUT2D eigenvalue weighted by Crippen LogP contribution is 2.78. The predicted octanol–water partition coefficient (Wildman–Crippen LogP) is 18.1. The lowest BCUT2D eigenvalue weighted by molar-refractivity contribution is -0.343. The maximum absolute atomic E-state index is 17.0. The highest BCUT2D eigenvalue weighted by atomic mass is 16.5. The molecule has 5 aromatic rings. The van der Waals surface area contributed by atoms with Crippen LogP contribution in [0.15, 0.2) is 133 Å². The van der Waals surface area contributed by atoms with E-state index in [2.05, 4.69) is 166 Å². The van der Waals surface area contributed by atoms with Gasteiger partial charge < -0.3 is 24.8 Å². The maximum Gasteiger partial charge on any atom is 0.331 e. The van der Waals surface area contributed by atoms with Gasteiger partial charge in [-0.25, -0.2) is 4.79 Å². The van der Waals surface area contributed by atoms with Crippen LogP contribution in [0.1, 0.15) is 245 Å². The van der Waals surface area contributed by atoms with Crippen molar-refractivity contribution in [2.75, 3.05) is 6.61 Å². The number of ether oxygens (including phenoxy) is 2. The first-order valence-electron chi connectivity index (χ1n) is 38.5. The minimum atomic E-state index is -1.86. The highest BCUT2D eigenvalue weighted by molar-refractivity contribution is 5.93. The maximum atomic E-state index is 17.0. The average Bonchev–Trinajstić information content (AvgIpc) is 1.02. The van der Waals surface area contributed by atoms with E-state index in [-0.39, 0.29) is 83.6 Å². The molecule has 3 heterocycles. The number of hydrogen-bond acceptors (Lipinski definition) is 7. The third-order valence-electron chi connectivity index (χ3n) is 30.6. The van der Waals surface area contributed by atoms with Crippen LogP contribution in [-0.4, -0.2) is 57.8 Å². The van der Waals surface area contributed by atoms with Crippen molar-refractivity contribution in [3.05, 3.63) is 166 Å². The van der Waals surface area contributed by atoms with Gasteiger partial charge in [-0.1, -0.05) is 191 Å². The molecule has 0 amide bonds. The molecule has 502 valence electrons. The molecular formula is C89H104O7. The van der Waals surface area contributed by atoms with Gasteiger partial charge in [0.05, 0.1) is 34.1 Å². The second kappa shape index (κ2) is 23.9. The van der Waals surface area contributed by atoms with Crippen LogP contribution in [0.3, 0.4) is 0 Å². The predicted molar refractivity (Wildman–Crippen MR) is 378 cm³/mol. The molecule has 0 radical (unpaired) electrons. The van der Waals surface area contributed by atoms with Crippen LogP contribution in [0, 0.1) is 92.2 Å². The summed E-state index contributed by atoms with van der Waals surface area (Å²) in [6.45, 7) is 7.02. The molecule has 5 aromatic carbocycles. The number of aliphatic hydroxyl groups excluding tert-OH is 2. The lowest BCUT2D eigenvalue weighted by atomic mass is 9.34. The minimum Gasteiger partial charge on any atom is -0.461 e. The lowest BCUT2D eigenvalue weighted by Crippen LogP contribution is -2.80. The summed E-state index contributed by atoms with van der Waals surface area (Å²) in [4.78, 5) is 30.0. The summed E-state index contributed by atoms with van der Waals surface area (Å²) in [5, 5.41) is 47.5. The number of aryl methyl sites for hydroxylation is 1. The van der Waals surface area contributed by atoms with Gasteiger partial charge in [0.15, 0.2) is 0 Å². The Hall–Kier alpha value is -5.96. The molecule has 20 atom stereocenters. The van der Waals surface area contributed by atoms with Gasteiger partial charge in [0.2, 0.25) is 0 Å². The molecule has 7 fully saturated rings. The van der Waals surface area contributed by atoms with Crippen molar-refractivity contribution in [2.24, 2.45) is 68.5 Å². The van der Waals surface area contributed by atoms with E-state index in [0.717, 1.165) is 82.6 Å². The molecule has 17 rings (SSSR count). The Bertz CT molecular complexity index is 3980. The standard InChI is InChI=1S/C89H104O7/c1-58(21-18-24-59-22-8-4-9-23-59)51-62-32-34-66-35-36-68(84(43-15-7-16-44-84)64-26-10-5-11-27-64)55-87(66)46-20-42-82(2)56-73(96-81(87)93)79-83(3,47-41-74(90)89(79,80(62)92)88(82,94)50-38-60-52-75(91)95-57-60)67-40-49-85-48-39-63-54-86(65-28-12-6-13-29-65)45-17-14-31-71(86)70-37-33-61-25-19-30-69(72(85)53-67)76(61)77(70)78(63)85/h4-6,8-13,19,22-23,25-30,33,37,52,58,62-63,66-68,71-74,78-80,90,92,94H,7,14-18,21,24,31,35-36,38-41,43-51,53-57H2,1-3H3/t58-,62+,63-,66+,67-,68-,71-,72+,73-,74-,78-,79+,80+,82+,83+,85+,86+,87-,88-,89+/m1/s1. The van der Waals surface area contributed by atoms with Gasteiger partial charge in [-0.3, -0.25) is 4.79 Å². The van der Waals surface area contributed by atoms with Crippen molar-refractivity contribution in [1.82, 2.24) is 0 Å². The normalized spacial score (nSPS) is 40.9. The monoisotopic (exact) mass is 1280 g/mol. The largest absolute Gasteiger partial charge is 0.461 e. The summed E-state index contributed by atoms with van der Waals surface area (Å²) >= 11 is 0. The number of carbonyl (C=O) groups excluding carboxylic acids is 2. The van der Waals surface area contributed by atoms with Crippen LogP contribution >= 0.6 is 0 Å². The third-order valence-corrected chi connectivity index (χ3v) is 30.6. The number of esters is 2. The van der Waals surface area contributed by atoms with Gasteiger partial charge in [-0.15, -0.1) is 5.92 Å². The van der Waals surface area contributed by atoms with Crippen LogP contribution in [0.2, 0.25) is 0 Å². The van der Waals surface area contributed by atoms with Crippen molar-refractivity contribution in [2.45, 2.75) is 253 Å². The average molecular weight is 1290 g/mol. The van der Waals surface area contributed by atoms with Crippen LogP contribution in [0.5, 0.6) is 0 Å². The zero-order chi connectivity index (χ0) is 65.5. The van der Waals surface area contributed by atoms with E-state index in [0.29, 0.717) is 49.9 Å². The molecule has 7 saturated carbocycles. The van der Waals surface area contributed by atoms with Crippen LogP contribution in [-0.2, 0) is 36.3 Å². The van der Waals surface area contributed by atoms with E-state index >= 15 is 9.90 Å². The number of fused-ring (bicyclic) bond motifs is 5. The highest BCUT2D eigenvalue weighted by Gasteiger charge is 2.79. The van der Waals surface area contributed by atoms with Gasteiger partial charge in [-0.2, -0.15) is 0 Å². The Labute approximate surface area is 572 Å². The number of hydrogen-bond donors (Lipinski definition) is 3. The number of cyclic esters (lactones) is 1. The molecule has 3 N–H and O–H groups in total. The van der Waals surface area contributed by atoms with Crippen molar-refractivity contribution in [3.63, 3.8) is 0 Å². The molecular weight excluding hydrogens is 1180 g/mol. The quantitative estimate of drug-likeness (QED) is 0.0795. The zero-order valence-electron chi connectivity index (χ0n) is 57.6. The van der Waals surface area contributed by atoms with E-state index in [1.54, 1.807) is 22.8 Å². The van der Waals surface area contributed by atoms with Crippen molar-refractivity contribution < 1.29 is 34.4 Å². The van der Waals surface area contributed by atoms with Gasteiger partial charge >= 0.3 is 11.9 Å². The molecule has 96 heavy (non-hydrogen) atoms. The van der Waals surface area contributed by atoms with Gasteiger partial charge in [0.25, 0.3) is 0 Å². The summed E-state index contributed by atoms with van der Waals surface area (Å²) in [5.41, 5.74) is 3.40. The fourth-order valence-corrected chi connectivity index (χ4v) is 26.4. The van der Waals surface area contributed by atoms with Crippen molar-refractivity contribution in [3.8, 4) is 23.7 Å². The summed E-state index contributed by atoms with van der Waals surface area (Å²) in [7, 11) is 0. The molecule has 7 heteroatoms. The molecule has 9 aliphatic carbocycles. The molecule has 7 nitrogen and oxygen atoms in total. The Morgan fingerprint density at radius 2 is 1.40 bits per heavy atom. The second-order valence-electron chi connectivity index (χ2n) is 34.6. The summed E-state index contributed by atoms with van der Waals surface area (Å²) < 4.78 is 13.4. The molecule has 0 saturated heterocycles. The van der Waals surface area contributed by atoms with Crippen LogP contribution in [0.25, 0.3) is 10.8 Å². The molecule has 12 aliphatic rings. The Kier molecular flexibility index (Phi) is 15.8. The molecule has 0 aromatic heterocycles. The van der Waals surface area contributed by atoms with Gasteiger partial charge in [0, 0.05) is 42.1 Å². The second-order valence-corrected chi connectivity index (χ2v) is 34.6. The fourth-order valence-electron chi connectivity index (χ4n) is 26.4. The van der Waals surface area contributed by atoms with Crippen LogP contribution in [0.4, 0.5) is 0 Å². The first-order chi connectivity index (χ1) is 46.6. The zero-order valence-corrected chi connectivity index (χ0v) is 57.6. The third kappa shape index (κ3) is 9.35. The summed E-state index contributed by atoms with van der Waals surface area (Å²) in [6.07, 6.45) is 23.4. The van der Waals surface area contributed by atoms with Crippen molar-refractivity contribution >= 4 is 22.7 Å². The SMILES string of the molecule is C[C@H](CCCc1ccccc1)C[C@@H]1C#C[C@H]2CC[C@@H](C3(c4ccccc4)CCCCC3)C[C@]23CC#C[C@@]2(C)C[C@@H](OC3=O)[C@H]3[C@](C)([C@@H]4CC[C@]56CC[C@@H]7C[C@]8(c9ccccc9)CCCC[C@@H]8c8ccc9cccc(c9c8[C@@H]75)[C@@H]6C4)CC[C@@H](O)[C@]3([C@H]1O)[C@@]2(O)CCC1=CC(=O)OC1. The molecule has 2 spiro atoms. The first kappa shape index (κ1) is 63.5. The van der Waals surface area contributed by atoms with E-state index in [1.807, 2.05) is 0 Å². The smallest absolute Gasteiger partial charge is 0.331 e. The molecule has 0 unspecified atom stereocenters. The molecule has 4 bridgehead atoms. The van der Waals surface area contributed by atoms with Crippen LogP contribution < -0.4 is 0 Å². The number of benzene rings is 5. The van der Waals surface area contributed by atoms with E-state index in [9.17, 15) is 15.0 Å². The van der Waals surface area contributed by atoms with E-state index in [4.69, 9.17) is 9.47 Å². The van der Waals surface area contributed by atoms with Gasteiger partial charge in [-0.05, 0) is 243 Å². The minimum absolute atomic E-state index is 0.0656. The summed E-state index contributed by atoms with van der Waals surface area (Å²) in [6, 6.07) is 46.0. The van der Waals surface area contributed by atoms with E-state index < -0.39 is 57.4 Å². The number of carbonyl (C=O) groups is 2. The first-order valence-corrected chi connectivity index (χ1v) is 38.5. The van der Waals surface area contributed by atoms with Crippen molar-refractivity contribution in [1.29, 1.82) is 0 Å². The lowest BCUT2D eigenvalue weighted by Gasteiger charge is -2.72. The Morgan fingerprint density at radius 1 is 0.656 bits per heavy atom. The number of rotatable bonds is 13. The fraction of sp³-hybridized carbons (Fsp3) is 0.596. The summed E-state index contributed by atoms with van der Waals surface area (Å²) in [5.74, 6) is 15.5. The van der Waals surface area contributed by atoms with Gasteiger partial charge in [0.1, 0.15) is 12.7 Å². The Morgan fingerprint density at radius 3 is 2.17 bits per heavy atom. The topological polar surface area (TPSA) is 113 Å². The Balaban J connectivity index is 0.831. The number of aliphatic hydroxyl groups is 3. The van der Waals surface area contributed by atoms with E-state index in [1.165, 1.54) is 78.8 Å².